The van der Waals surface area contributed by atoms with Crippen molar-refractivity contribution in [3.63, 3.8) is 0 Å². The van der Waals surface area contributed by atoms with Crippen LogP contribution in [-0.4, -0.2) is 34.2 Å². The standard InChI is InChI=1S/C24H28ClN3O3/c1-5-15-27(23(29)6-2)16-20-17(3)26-28(19-13-11-18(25)12-14-19)24(20)31-22-10-8-7-9-21(22)30-4/h7-14H,5-6,15-16H2,1-4H3. The number of methoxy groups -OCH3 is 1. The third-order valence-electron chi connectivity index (χ3n) is 4.98. The molecule has 0 radical (unpaired) electrons. The van der Waals surface area contributed by atoms with Gasteiger partial charge in [-0.05, 0) is 49.7 Å². The van der Waals surface area contributed by atoms with E-state index in [1.54, 1.807) is 11.8 Å². The number of halogens is 1. The van der Waals surface area contributed by atoms with Gasteiger partial charge in [0.05, 0.1) is 30.6 Å². The van der Waals surface area contributed by atoms with E-state index in [0.717, 1.165) is 23.4 Å². The van der Waals surface area contributed by atoms with Crippen molar-refractivity contribution in [1.82, 2.24) is 14.7 Å². The molecule has 3 aromatic rings. The van der Waals surface area contributed by atoms with Crippen molar-refractivity contribution < 1.29 is 14.3 Å². The van der Waals surface area contributed by atoms with Gasteiger partial charge in [0.15, 0.2) is 11.5 Å². The molecule has 0 aliphatic rings. The summed E-state index contributed by atoms with van der Waals surface area (Å²) in [5.74, 6) is 1.84. The maximum Gasteiger partial charge on any atom is 0.228 e. The lowest BCUT2D eigenvalue weighted by Crippen LogP contribution is -2.30. The highest BCUT2D eigenvalue weighted by Crippen LogP contribution is 2.36. The van der Waals surface area contributed by atoms with Crippen molar-refractivity contribution in [2.24, 2.45) is 0 Å². The molecule has 2 aromatic carbocycles. The van der Waals surface area contributed by atoms with Gasteiger partial charge in [-0.15, -0.1) is 0 Å². The molecule has 0 aliphatic heterocycles. The van der Waals surface area contributed by atoms with E-state index in [-0.39, 0.29) is 5.91 Å². The minimum absolute atomic E-state index is 0.101. The van der Waals surface area contributed by atoms with Gasteiger partial charge in [0.1, 0.15) is 0 Å². The lowest BCUT2D eigenvalue weighted by molar-refractivity contribution is -0.131. The number of para-hydroxylation sites is 2. The first-order chi connectivity index (χ1) is 15.0. The summed E-state index contributed by atoms with van der Waals surface area (Å²) >= 11 is 6.08. The number of nitrogens with zero attached hydrogens (tertiary/aromatic N) is 3. The quantitative estimate of drug-likeness (QED) is 0.422. The molecule has 0 atom stereocenters. The zero-order valence-electron chi connectivity index (χ0n) is 18.4. The Morgan fingerprint density at radius 2 is 1.77 bits per heavy atom. The Morgan fingerprint density at radius 3 is 2.39 bits per heavy atom. The summed E-state index contributed by atoms with van der Waals surface area (Å²) in [7, 11) is 1.60. The van der Waals surface area contributed by atoms with Crippen LogP contribution in [0.15, 0.2) is 48.5 Å². The van der Waals surface area contributed by atoms with Gasteiger partial charge < -0.3 is 14.4 Å². The molecule has 164 valence electrons. The molecule has 1 heterocycles. The molecule has 0 saturated carbocycles. The van der Waals surface area contributed by atoms with Crippen molar-refractivity contribution >= 4 is 17.5 Å². The highest BCUT2D eigenvalue weighted by atomic mass is 35.5. The number of benzene rings is 2. The fourth-order valence-electron chi connectivity index (χ4n) is 3.37. The predicted octanol–water partition coefficient (Wildman–Crippen LogP) is 5.78. The number of aryl methyl sites for hydroxylation is 1. The molecular formula is C24H28ClN3O3. The molecule has 31 heavy (non-hydrogen) atoms. The minimum atomic E-state index is 0.101. The molecule has 1 amide bonds. The van der Waals surface area contributed by atoms with Crippen LogP contribution >= 0.6 is 11.6 Å². The average molecular weight is 442 g/mol. The summed E-state index contributed by atoms with van der Waals surface area (Å²) in [6, 6.07) is 14.8. The number of amides is 1. The van der Waals surface area contributed by atoms with Gasteiger partial charge in [-0.25, -0.2) is 4.68 Å². The predicted molar refractivity (Wildman–Crippen MR) is 122 cm³/mol. The van der Waals surface area contributed by atoms with Crippen LogP contribution in [-0.2, 0) is 11.3 Å². The van der Waals surface area contributed by atoms with E-state index >= 15 is 0 Å². The SMILES string of the molecule is CCCN(Cc1c(C)nn(-c2ccc(Cl)cc2)c1Oc1ccccc1OC)C(=O)CC. The summed E-state index contributed by atoms with van der Waals surface area (Å²) in [6.07, 6.45) is 1.33. The first kappa shape index (κ1) is 22.7. The van der Waals surface area contributed by atoms with Crippen LogP contribution in [0.4, 0.5) is 0 Å². The summed E-state index contributed by atoms with van der Waals surface area (Å²) in [5.41, 5.74) is 2.47. The molecule has 0 spiro atoms. The fraction of sp³-hybridized carbons (Fsp3) is 0.333. The summed E-state index contributed by atoms with van der Waals surface area (Å²) < 4.78 is 13.6. The molecule has 0 fully saturated rings. The van der Waals surface area contributed by atoms with Crippen molar-refractivity contribution in [3.05, 3.63) is 64.8 Å². The molecule has 0 unspecified atom stereocenters. The third kappa shape index (κ3) is 5.20. The Balaban J connectivity index is 2.11. The second-order valence-corrected chi connectivity index (χ2v) is 7.62. The Bertz CT molecular complexity index is 1030. The van der Waals surface area contributed by atoms with E-state index < -0.39 is 0 Å². The van der Waals surface area contributed by atoms with E-state index in [9.17, 15) is 4.79 Å². The van der Waals surface area contributed by atoms with Crippen LogP contribution in [0.5, 0.6) is 17.4 Å². The largest absolute Gasteiger partial charge is 0.493 e. The zero-order valence-corrected chi connectivity index (χ0v) is 19.1. The Hall–Kier alpha value is -2.99. The highest BCUT2D eigenvalue weighted by molar-refractivity contribution is 6.30. The first-order valence-electron chi connectivity index (χ1n) is 10.4. The van der Waals surface area contributed by atoms with Crippen molar-refractivity contribution in [3.8, 4) is 23.1 Å². The Labute approximate surface area is 188 Å². The number of carbonyl (C=O) groups excluding carboxylic acids is 1. The lowest BCUT2D eigenvalue weighted by Gasteiger charge is -2.22. The van der Waals surface area contributed by atoms with E-state index in [0.29, 0.717) is 41.9 Å². The number of carbonyl (C=O) groups is 1. The van der Waals surface area contributed by atoms with Gasteiger partial charge in [-0.1, -0.05) is 37.6 Å². The van der Waals surface area contributed by atoms with Crippen molar-refractivity contribution in [1.29, 1.82) is 0 Å². The van der Waals surface area contributed by atoms with Gasteiger partial charge >= 0.3 is 0 Å². The number of ether oxygens (including phenoxy) is 2. The van der Waals surface area contributed by atoms with E-state index in [1.807, 2.05) is 67.3 Å². The van der Waals surface area contributed by atoms with Gasteiger partial charge in [-0.2, -0.15) is 5.10 Å². The van der Waals surface area contributed by atoms with Crippen molar-refractivity contribution in [2.75, 3.05) is 13.7 Å². The van der Waals surface area contributed by atoms with E-state index in [4.69, 9.17) is 26.2 Å². The smallest absolute Gasteiger partial charge is 0.228 e. The van der Waals surface area contributed by atoms with Gasteiger partial charge in [0, 0.05) is 18.0 Å². The second-order valence-electron chi connectivity index (χ2n) is 7.18. The molecule has 0 saturated heterocycles. The van der Waals surface area contributed by atoms with Gasteiger partial charge in [0.2, 0.25) is 11.8 Å². The molecule has 0 N–H and O–H groups in total. The Morgan fingerprint density at radius 1 is 1.10 bits per heavy atom. The average Bonchev–Trinajstić information content (AvgIpc) is 3.08. The maximum absolute atomic E-state index is 12.5. The summed E-state index contributed by atoms with van der Waals surface area (Å²) in [6.45, 7) is 6.96. The number of hydrogen-bond donors (Lipinski definition) is 0. The molecule has 0 bridgehead atoms. The second kappa shape index (κ2) is 10.4. The summed E-state index contributed by atoms with van der Waals surface area (Å²) in [5, 5.41) is 5.37. The normalized spacial score (nSPS) is 10.7. The first-order valence-corrected chi connectivity index (χ1v) is 10.8. The number of aromatic nitrogens is 2. The monoisotopic (exact) mass is 441 g/mol. The van der Waals surface area contributed by atoms with Crippen LogP contribution in [0.2, 0.25) is 5.02 Å². The Kier molecular flexibility index (Phi) is 7.58. The van der Waals surface area contributed by atoms with E-state index in [1.165, 1.54) is 0 Å². The van der Waals surface area contributed by atoms with Gasteiger partial charge in [-0.3, -0.25) is 4.79 Å². The van der Waals surface area contributed by atoms with Crippen LogP contribution in [0.3, 0.4) is 0 Å². The number of hydrogen-bond acceptors (Lipinski definition) is 4. The molecular weight excluding hydrogens is 414 g/mol. The van der Waals surface area contributed by atoms with Crippen LogP contribution < -0.4 is 9.47 Å². The van der Waals surface area contributed by atoms with Gasteiger partial charge in [0.25, 0.3) is 0 Å². The van der Waals surface area contributed by atoms with Crippen LogP contribution in [0, 0.1) is 6.92 Å². The number of rotatable bonds is 9. The maximum atomic E-state index is 12.5. The molecule has 6 nitrogen and oxygen atoms in total. The molecule has 1 aromatic heterocycles. The molecule has 0 aliphatic carbocycles. The van der Waals surface area contributed by atoms with E-state index in [2.05, 4.69) is 6.92 Å². The molecule has 3 rings (SSSR count). The fourth-order valence-corrected chi connectivity index (χ4v) is 3.49. The topological polar surface area (TPSA) is 56.6 Å². The van der Waals surface area contributed by atoms with Crippen LogP contribution in [0.1, 0.15) is 37.9 Å². The zero-order chi connectivity index (χ0) is 22.4. The lowest BCUT2D eigenvalue weighted by atomic mass is 10.2. The summed E-state index contributed by atoms with van der Waals surface area (Å²) in [4.78, 5) is 14.4. The van der Waals surface area contributed by atoms with Crippen molar-refractivity contribution in [2.45, 2.75) is 40.2 Å². The molecule has 7 heteroatoms. The van der Waals surface area contributed by atoms with Crippen LogP contribution in [0.25, 0.3) is 5.69 Å². The highest BCUT2D eigenvalue weighted by Gasteiger charge is 2.23. The minimum Gasteiger partial charge on any atom is -0.493 e. The third-order valence-corrected chi connectivity index (χ3v) is 5.23.